The van der Waals surface area contributed by atoms with Gasteiger partial charge in [0, 0.05) is 36.3 Å². The fourth-order valence-electron chi connectivity index (χ4n) is 2.47. The number of rotatable bonds is 10. The van der Waals surface area contributed by atoms with Crippen molar-refractivity contribution in [2.45, 2.75) is 26.7 Å². The Hall–Kier alpha value is -2.65. The third-order valence-electron chi connectivity index (χ3n) is 4.20. The van der Waals surface area contributed by atoms with E-state index in [4.69, 9.17) is 18.9 Å². The van der Waals surface area contributed by atoms with Crippen LogP contribution in [0.25, 0.3) is 0 Å². The Balaban J connectivity index is 0.000000537. The van der Waals surface area contributed by atoms with Crippen LogP contribution >= 0.6 is 0 Å². The number of hydrogen-bond donors (Lipinski definition) is 0. The summed E-state index contributed by atoms with van der Waals surface area (Å²) in [7, 11) is 0. The van der Waals surface area contributed by atoms with Crippen molar-refractivity contribution < 1.29 is 58.2 Å². The van der Waals surface area contributed by atoms with Crippen LogP contribution in [0, 0.1) is 47.6 Å². The van der Waals surface area contributed by atoms with Crippen LogP contribution in [0.3, 0.4) is 0 Å². The molecule has 0 fully saturated rings. The number of halogens is 4. The first-order valence-electron chi connectivity index (χ1n) is 12.1. The van der Waals surface area contributed by atoms with Crippen LogP contribution in [0.4, 0.5) is 17.6 Å². The van der Waals surface area contributed by atoms with E-state index >= 15 is 0 Å². The SMILES string of the molecule is CCOCCOc1ccc(F)[c-]c1F.CCOCCOc1ccc(F)[c-]c1F.[C-]1=CC=CC1.[C-]1=CC=CC1.[Ti+4]. The third kappa shape index (κ3) is 19.1. The van der Waals surface area contributed by atoms with Gasteiger partial charge in [0.15, 0.2) is 0 Å². The van der Waals surface area contributed by atoms with E-state index < -0.39 is 23.3 Å². The molecule has 9 heteroatoms. The molecule has 4 nitrogen and oxygen atoms in total. The minimum absolute atomic E-state index is 0. The number of hydrogen-bond acceptors (Lipinski definition) is 4. The van der Waals surface area contributed by atoms with Gasteiger partial charge in [0.05, 0.1) is 38.1 Å². The second-order valence-electron chi connectivity index (χ2n) is 7.07. The molecule has 2 aromatic rings. The van der Waals surface area contributed by atoms with Gasteiger partial charge in [-0.25, -0.2) is 41.9 Å². The summed E-state index contributed by atoms with van der Waals surface area (Å²) in [4.78, 5) is 0. The molecule has 0 unspecified atom stereocenters. The predicted octanol–water partition coefficient (Wildman–Crippen LogP) is 6.97. The zero-order chi connectivity index (χ0) is 27.8. The molecule has 0 aliphatic heterocycles. The van der Waals surface area contributed by atoms with E-state index in [1.54, 1.807) is 0 Å². The van der Waals surface area contributed by atoms with E-state index in [-0.39, 0.29) is 46.4 Å². The van der Waals surface area contributed by atoms with Crippen molar-refractivity contribution in [2.75, 3.05) is 39.6 Å². The Kier molecular flexibility index (Phi) is 22.7. The third-order valence-corrected chi connectivity index (χ3v) is 4.20. The van der Waals surface area contributed by atoms with Crippen molar-refractivity contribution in [1.29, 1.82) is 0 Å². The van der Waals surface area contributed by atoms with Crippen LogP contribution in [-0.2, 0) is 31.2 Å². The van der Waals surface area contributed by atoms with Crippen molar-refractivity contribution in [3.05, 3.63) is 108 Å². The predicted molar refractivity (Wildman–Crippen MR) is 138 cm³/mol. The number of ether oxygens (including phenoxy) is 4. The molecule has 0 spiro atoms. The normalized spacial score (nSPS) is 11.8. The molecule has 0 amide bonds. The van der Waals surface area contributed by atoms with Gasteiger partial charge in [-0.15, -0.1) is 49.2 Å². The van der Waals surface area contributed by atoms with Gasteiger partial charge in [0.2, 0.25) is 0 Å². The Morgan fingerprint density at radius 3 is 1.31 bits per heavy atom. The van der Waals surface area contributed by atoms with Gasteiger partial charge in [-0.05, 0) is 13.8 Å². The molecule has 208 valence electrons. The second-order valence-corrected chi connectivity index (χ2v) is 7.07. The molecule has 0 heterocycles. The van der Waals surface area contributed by atoms with Gasteiger partial charge in [0.25, 0.3) is 0 Å². The molecule has 0 saturated carbocycles. The average molecular weight is 580 g/mol. The zero-order valence-corrected chi connectivity index (χ0v) is 23.6. The van der Waals surface area contributed by atoms with Crippen LogP contribution in [0.1, 0.15) is 26.7 Å². The molecular formula is C30H32F4O4Ti. The van der Waals surface area contributed by atoms with Crippen LogP contribution in [0.2, 0.25) is 0 Å². The Bertz CT molecular complexity index is 925. The molecule has 0 atom stereocenters. The number of benzene rings is 2. The minimum atomic E-state index is -0.818. The van der Waals surface area contributed by atoms with Gasteiger partial charge < -0.3 is 18.9 Å². The quantitative estimate of drug-likeness (QED) is 0.132. The molecule has 0 radical (unpaired) electrons. The first-order chi connectivity index (χ1) is 18.5. The number of allylic oxidation sites excluding steroid dienone is 8. The van der Waals surface area contributed by atoms with E-state index in [9.17, 15) is 17.6 Å². The summed E-state index contributed by atoms with van der Waals surface area (Å²) in [5, 5.41) is 0. The molecule has 0 aromatic heterocycles. The van der Waals surface area contributed by atoms with Crippen molar-refractivity contribution >= 4 is 0 Å². The van der Waals surface area contributed by atoms with Crippen LogP contribution < -0.4 is 9.47 Å². The van der Waals surface area contributed by atoms with Gasteiger partial charge in [-0.3, -0.25) is 12.2 Å². The Labute approximate surface area is 243 Å². The summed E-state index contributed by atoms with van der Waals surface area (Å²) in [6.07, 6.45) is 20.0. The summed E-state index contributed by atoms with van der Waals surface area (Å²) < 4.78 is 70.6. The maximum atomic E-state index is 12.9. The first-order valence-corrected chi connectivity index (χ1v) is 12.1. The van der Waals surface area contributed by atoms with E-state index in [0.29, 0.717) is 26.4 Å². The summed E-state index contributed by atoms with van der Waals surface area (Å²) in [5.74, 6) is -3.13. The molecule has 0 N–H and O–H groups in total. The van der Waals surface area contributed by atoms with Crippen LogP contribution in [-0.4, -0.2) is 39.6 Å². The van der Waals surface area contributed by atoms with E-state index in [1.165, 1.54) is 12.1 Å². The molecule has 39 heavy (non-hydrogen) atoms. The van der Waals surface area contributed by atoms with E-state index in [1.807, 2.05) is 50.3 Å². The smallest absolute Gasteiger partial charge is 0.546 e. The van der Waals surface area contributed by atoms with E-state index in [2.05, 4.69) is 24.3 Å². The molecule has 4 rings (SSSR count). The topological polar surface area (TPSA) is 36.9 Å². The van der Waals surface area contributed by atoms with Crippen molar-refractivity contribution in [1.82, 2.24) is 0 Å². The van der Waals surface area contributed by atoms with Gasteiger partial charge >= 0.3 is 21.7 Å². The molecular weight excluding hydrogens is 548 g/mol. The second kappa shape index (κ2) is 24.4. The van der Waals surface area contributed by atoms with Crippen molar-refractivity contribution in [3.8, 4) is 11.5 Å². The molecule has 0 bridgehead atoms. The summed E-state index contributed by atoms with van der Waals surface area (Å²) in [6.45, 7) is 6.12. The molecule has 2 aromatic carbocycles. The fraction of sp³-hybridized carbons (Fsp3) is 0.333. The molecule has 0 saturated heterocycles. The maximum absolute atomic E-state index is 12.9. The summed E-state index contributed by atoms with van der Waals surface area (Å²) >= 11 is 0. The van der Waals surface area contributed by atoms with Crippen molar-refractivity contribution in [2.24, 2.45) is 0 Å². The van der Waals surface area contributed by atoms with Crippen molar-refractivity contribution in [3.63, 3.8) is 0 Å². The summed E-state index contributed by atoms with van der Waals surface area (Å²) in [6, 6.07) is 8.41. The largest absolute Gasteiger partial charge is 4.00 e. The Morgan fingerprint density at radius 1 is 0.641 bits per heavy atom. The average Bonchev–Trinajstić information content (AvgIpc) is 3.67. The van der Waals surface area contributed by atoms with Gasteiger partial charge in [-0.2, -0.15) is 12.2 Å². The maximum Gasteiger partial charge on any atom is 4.00 e. The summed E-state index contributed by atoms with van der Waals surface area (Å²) in [5.41, 5.74) is 0. The molecule has 2 aliphatic rings. The fourth-order valence-corrected chi connectivity index (χ4v) is 2.47. The van der Waals surface area contributed by atoms with Gasteiger partial charge in [-0.1, -0.05) is 0 Å². The molecule has 2 aliphatic carbocycles. The Morgan fingerprint density at radius 2 is 1.05 bits per heavy atom. The van der Waals surface area contributed by atoms with E-state index in [0.717, 1.165) is 25.0 Å². The standard InChI is InChI=1S/2C10H11F2O2.2C5H5.Ti/c2*1-2-13-5-6-14-10-4-3-8(11)7-9(10)12;2*1-2-4-5-3-1;/h2*3-4H,2,5-6H2,1H3;2*1-3H,4H2;/q4*-1;+4. The minimum Gasteiger partial charge on any atom is -0.546 e. The van der Waals surface area contributed by atoms with Crippen LogP contribution in [0.15, 0.2) is 60.7 Å². The first kappa shape index (κ1) is 36.4. The monoisotopic (exact) mass is 580 g/mol. The van der Waals surface area contributed by atoms with Gasteiger partial charge in [0.1, 0.15) is 0 Å². The zero-order valence-electron chi connectivity index (χ0n) is 22.1. The van der Waals surface area contributed by atoms with Crippen LogP contribution in [0.5, 0.6) is 11.5 Å².